The van der Waals surface area contributed by atoms with E-state index in [0.717, 1.165) is 16.9 Å². The number of hydrogen-bond acceptors (Lipinski definition) is 4. The van der Waals surface area contributed by atoms with Gasteiger partial charge in [-0.25, -0.2) is 9.98 Å². The van der Waals surface area contributed by atoms with Crippen molar-refractivity contribution < 1.29 is 4.79 Å². The molecule has 2 aromatic carbocycles. The molecule has 0 bridgehead atoms. The number of pyridine rings is 1. The Balaban J connectivity index is 1.76. The number of para-hydroxylation sites is 1. The van der Waals surface area contributed by atoms with E-state index in [0.29, 0.717) is 15.9 Å². The van der Waals surface area contributed by atoms with Crippen molar-refractivity contribution in [3.05, 3.63) is 94.5 Å². The lowest BCUT2D eigenvalue weighted by Crippen LogP contribution is -2.28. The summed E-state index contributed by atoms with van der Waals surface area (Å²) in [7, 11) is 0. The van der Waals surface area contributed by atoms with E-state index in [1.54, 1.807) is 4.90 Å². The molecule has 1 aliphatic heterocycles. The van der Waals surface area contributed by atoms with Gasteiger partial charge in [-0.3, -0.25) is 9.69 Å². The fraction of sp³-hybridized carbons (Fsp3) is 0.0870. The van der Waals surface area contributed by atoms with Crippen molar-refractivity contribution in [2.75, 3.05) is 4.90 Å². The van der Waals surface area contributed by atoms with Crippen molar-refractivity contribution in [3.63, 3.8) is 0 Å². The van der Waals surface area contributed by atoms with Crippen molar-refractivity contribution in [1.82, 2.24) is 4.98 Å². The van der Waals surface area contributed by atoms with Crippen LogP contribution >= 0.6 is 11.8 Å². The fourth-order valence-electron chi connectivity index (χ4n) is 2.86. The van der Waals surface area contributed by atoms with Crippen LogP contribution in [0.2, 0.25) is 0 Å². The Hall–Kier alpha value is -3.18. The molecule has 3 aromatic rings. The van der Waals surface area contributed by atoms with E-state index < -0.39 is 0 Å². The van der Waals surface area contributed by atoms with Gasteiger partial charge in [0, 0.05) is 5.69 Å². The standard InChI is InChI=1S/C23H19N3OS/c1-16-11-13-18(14-12-16)15-20-22(27)26(19-8-4-3-5-9-19)23(28-20)25-21-10-6-7-17(2)24-21/h3-15H,1-2H3/b20-15-,25-23+. The minimum Gasteiger partial charge on any atom is -0.268 e. The van der Waals surface area contributed by atoms with Crippen LogP contribution in [0.3, 0.4) is 0 Å². The van der Waals surface area contributed by atoms with Gasteiger partial charge in [-0.1, -0.05) is 54.1 Å². The van der Waals surface area contributed by atoms with Crippen LogP contribution in [0.25, 0.3) is 6.08 Å². The number of hydrogen-bond donors (Lipinski definition) is 0. The smallest absolute Gasteiger partial charge is 0.268 e. The molecule has 0 unspecified atom stereocenters. The Labute approximate surface area is 168 Å². The van der Waals surface area contributed by atoms with Crippen molar-refractivity contribution in [3.8, 4) is 0 Å². The number of amides is 1. The number of rotatable bonds is 3. The third-order valence-corrected chi connectivity index (χ3v) is 5.25. The number of aromatic nitrogens is 1. The van der Waals surface area contributed by atoms with Crippen molar-refractivity contribution in [1.29, 1.82) is 0 Å². The molecule has 2 heterocycles. The average molecular weight is 385 g/mol. The number of amidine groups is 1. The van der Waals surface area contributed by atoms with Crippen LogP contribution in [-0.4, -0.2) is 16.1 Å². The van der Waals surface area contributed by atoms with Gasteiger partial charge in [-0.15, -0.1) is 0 Å². The lowest BCUT2D eigenvalue weighted by molar-refractivity contribution is -0.113. The molecule has 1 aliphatic rings. The quantitative estimate of drug-likeness (QED) is 0.559. The molecule has 4 rings (SSSR count). The lowest BCUT2D eigenvalue weighted by atomic mass is 10.1. The number of carbonyl (C=O) groups is 1. The van der Waals surface area contributed by atoms with E-state index >= 15 is 0 Å². The van der Waals surface area contributed by atoms with Crippen molar-refractivity contribution in [2.24, 2.45) is 4.99 Å². The van der Waals surface area contributed by atoms with Crippen LogP contribution in [0.5, 0.6) is 0 Å². The first-order chi connectivity index (χ1) is 13.6. The third kappa shape index (κ3) is 3.89. The monoisotopic (exact) mass is 385 g/mol. The Morgan fingerprint density at radius 3 is 2.39 bits per heavy atom. The molecule has 28 heavy (non-hydrogen) atoms. The predicted molar refractivity (Wildman–Crippen MR) is 117 cm³/mol. The molecule has 0 aliphatic carbocycles. The highest BCUT2D eigenvalue weighted by Gasteiger charge is 2.34. The van der Waals surface area contributed by atoms with Crippen LogP contribution in [0.4, 0.5) is 11.5 Å². The molecule has 4 nitrogen and oxygen atoms in total. The summed E-state index contributed by atoms with van der Waals surface area (Å²) in [6.07, 6.45) is 1.91. The molecule has 0 radical (unpaired) electrons. The summed E-state index contributed by atoms with van der Waals surface area (Å²) in [4.78, 5) is 24.6. The Kier molecular flexibility index (Phi) is 5.08. The van der Waals surface area contributed by atoms with Crippen LogP contribution in [0.1, 0.15) is 16.8 Å². The first-order valence-corrected chi connectivity index (χ1v) is 9.80. The summed E-state index contributed by atoms with van der Waals surface area (Å²) in [6.45, 7) is 3.97. The zero-order valence-corrected chi connectivity index (χ0v) is 16.5. The number of nitrogens with zero attached hydrogens (tertiary/aromatic N) is 3. The molecule has 1 amide bonds. The third-order valence-electron chi connectivity index (χ3n) is 4.28. The van der Waals surface area contributed by atoms with Crippen LogP contribution in [0.15, 0.2) is 82.7 Å². The number of benzene rings is 2. The number of aliphatic imine (C=N–C) groups is 1. The number of thioether (sulfide) groups is 1. The van der Waals surface area contributed by atoms with E-state index in [4.69, 9.17) is 0 Å². The highest BCUT2D eigenvalue weighted by atomic mass is 32.2. The summed E-state index contributed by atoms with van der Waals surface area (Å²) in [6, 6.07) is 23.4. The Morgan fingerprint density at radius 1 is 0.929 bits per heavy atom. The van der Waals surface area contributed by atoms with Gasteiger partial charge < -0.3 is 0 Å². The Bertz CT molecular complexity index is 1070. The highest BCUT2D eigenvalue weighted by Crippen LogP contribution is 2.37. The molecule has 138 valence electrons. The first-order valence-electron chi connectivity index (χ1n) is 8.98. The van der Waals surface area contributed by atoms with Crippen LogP contribution in [0, 0.1) is 13.8 Å². The second-order valence-corrected chi connectivity index (χ2v) is 7.54. The summed E-state index contributed by atoms with van der Waals surface area (Å²) in [5.74, 6) is 0.510. The maximum atomic E-state index is 13.2. The molecule has 0 atom stereocenters. The number of anilines is 1. The predicted octanol–water partition coefficient (Wildman–Crippen LogP) is 5.51. The second-order valence-electron chi connectivity index (χ2n) is 6.53. The van der Waals surface area contributed by atoms with Gasteiger partial charge in [0.05, 0.1) is 10.6 Å². The van der Waals surface area contributed by atoms with Gasteiger partial charge in [0.1, 0.15) is 0 Å². The molecule has 0 spiro atoms. The Morgan fingerprint density at radius 2 is 1.68 bits per heavy atom. The molecule has 1 fully saturated rings. The average Bonchev–Trinajstić information content (AvgIpc) is 2.99. The van der Waals surface area contributed by atoms with E-state index in [1.807, 2.05) is 92.7 Å². The fourth-order valence-corrected chi connectivity index (χ4v) is 3.85. The van der Waals surface area contributed by atoms with Gasteiger partial charge in [-0.2, -0.15) is 0 Å². The van der Waals surface area contributed by atoms with E-state index in [9.17, 15) is 4.79 Å². The molecule has 1 saturated heterocycles. The molecule has 0 saturated carbocycles. The zero-order valence-electron chi connectivity index (χ0n) is 15.7. The molecular formula is C23H19N3OS. The second kappa shape index (κ2) is 7.82. The molecular weight excluding hydrogens is 366 g/mol. The van der Waals surface area contributed by atoms with E-state index in [1.165, 1.54) is 17.3 Å². The van der Waals surface area contributed by atoms with Gasteiger partial charge in [-0.05, 0) is 61.5 Å². The number of carbonyl (C=O) groups excluding carboxylic acids is 1. The van der Waals surface area contributed by atoms with Crippen molar-refractivity contribution >= 4 is 40.4 Å². The topological polar surface area (TPSA) is 45.6 Å². The van der Waals surface area contributed by atoms with Gasteiger partial charge in [0.25, 0.3) is 5.91 Å². The molecule has 1 aromatic heterocycles. The van der Waals surface area contributed by atoms with Crippen molar-refractivity contribution in [2.45, 2.75) is 13.8 Å². The van der Waals surface area contributed by atoms with Gasteiger partial charge in [0.2, 0.25) is 0 Å². The van der Waals surface area contributed by atoms with E-state index in [-0.39, 0.29) is 5.91 Å². The normalized spacial score (nSPS) is 16.9. The van der Waals surface area contributed by atoms with E-state index in [2.05, 4.69) is 9.98 Å². The zero-order chi connectivity index (χ0) is 19.5. The minimum absolute atomic E-state index is 0.0804. The minimum atomic E-state index is -0.0804. The summed E-state index contributed by atoms with van der Waals surface area (Å²) >= 11 is 1.37. The largest absolute Gasteiger partial charge is 0.271 e. The SMILES string of the molecule is Cc1ccc(/C=C2\S/C(=N/c3cccc(C)n3)N(c3ccccc3)C2=O)cc1. The first kappa shape index (κ1) is 18.2. The van der Waals surface area contributed by atoms with Gasteiger partial charge in [0.15, 0.2) is 11.0 Å². The van der Waals surface area contributed by atoms with Crippen LogP contribution in [-0.2, 0) is 4.79 Å². The lowest BCUT2D eigenvalue weighted by Gasteiger charge is -2.15. The maximum absolute atomic E-state index is 13.2. The summed E-state index contributed by atoms with van der Waals surface area (Å²) < 4.78 is 0. The van der Waals surface area contributed by atoms with Crippen LogP contribution < -0.4 is 4.90 Å². The summed E-state index contributed by atoms with van der Waals surface area (Å²) in [5, 5.41) is 0.604. The summed E-state index contributed by atoms with van der Waals surface area (Å²) in [5.41, 5.74) is 3.85. The highest BCUT2D eigenvalue weighted by molar-refractivity contribution is 8.19. The number of aryl methyl sites for hydroxylation is 2. The maximum Gasteiger partial charge on any atom is 0.271 e. The molecule has 0 N–H and O–H groups in total. The van der Waals surface area contributed by atoms with Gasteiger partial charge >= 0.3 is 0 Å². The molecule has 5 heteroatoms.